The first kappa shape index (κ1) is 15.5. The topological polar surface area (TPSA) is 39.1 Å². The largest absolute Gasteiger partial charge is 0.378 e. The van der Waals surface area contributed by atoms with Crippen LogP contribution in [-0.2, 0) is 18.2 Å². The first-order valence-electron chi connectivity index (χ1n) is 8.10. The number of hydrogen-bond donors (Lipinski definition) is 1. The monoisotopic (exact) mass is 279 g/mol. The average molecular weight is 279 g/mol. The van der Waals surface area contributed by atoms with Gasteiger partial charge < -0.3 is 14.6 Å². The van der Waals surface area contributed by atoms with E-state index in [-0.39, 0.29) is 0 Å². The van der Waals surface area contributed by atoms with Crippen LogP contribution < -0.4 is 5.32 Å². The lowest BCUT2D eigenvalue weighted by Crippen LogP contribution is -2.31. The van der Waals surface area contributed by atoms with Crippen molar-refractivity contribution in [1.29, 1.82) is 0 Å². The second-order valence-corrected chi connectivity index (χ2v) is 5.81. The molecule has 1 N–H and O–H groups in total. The number of aryl methyl sites for hydroxylation is 2. The van der Waals surface area contributed by atoms with Crippen molar-refractivity contribution < 1.29 is 4.74 Å². The molecule has 20 heavy (non-hydrogen) atoms. The number of ether oxygens (including phenoxy) is 1. The summed E-state index contributed by atoms with van der Waals surface area (Å²) in [6, 6.07) is 0.585. The van der Waals surface area contributed by atoms with Crippen LogP contribution in [0.1, 0.15) is 51.3 Å². The molecule has 0 radical (unpaired) electrons. The molecule has 0 aliphatic carbocycles. The number of hydrogen-bond acceptors (Lipinski definition) is 3. The first-order chi connectivity index (χ1) is 9.79. The maximum atomic E-state index is 5.83. The Bertz CT molecular complexity index is 372. The quantitative estimate of drug-likeness (QED) is 0.795. The van der Waals surface area contributed by atoms with E-state index in [1.54, 1.807) is 0 Å². The Kier molecular flexibility index (Phi) is 6.54. The second kappa shape index (κ2) is 8.42. The first-order valence-corrected chi connectivity index (χ1v) is 8.10. The Hall–Kier alpha value is -0.870. The summed E-state index contributed by atoms with van der Waals surface area (Å²) in [5.74, 6) is 1.18. The van der Waals surface area contributed by atoms with Crippen LogP contribution in [0.2, 0.25) is 0 Å². The lowest BCUT2D eigenvalue weighted by molar-refractivity contribution is 0.00847. The highest BCUT2D eigenvalue weighted by atomic mass is 16.5. The van der Waals surface area contributed by atoms with Crippen LogP contribution in [0.25, 0.3) is 0 Å². The molecule has 0 saturated carbocycles. The zero-order chi connectivity index (χ0) is 14.2. The Morgan fingerprint density at radius 1 is 1.45 bits per heavy atom. The molecule has 0 aromatic carbocycles. The van der Waals surface area contributed by atoms with E-state index in [4.69, 9.17) is 4.74 Å². The maximum Gasteiger partial charge on any atom is 0.108 e. The van der Waals surface area contributed by atoms with Gasteiger partial charge >= 0.3 is 0 Å². The minimum absolute atomic E-state index is 0.498. The molecule has 0 spiro atoms. The van der Waals surface area contributed by atoms with Crippen molar-refractivity contribution in [3.8, 4) is 0 Å². The van der Waals surface area contributed by atoms with E-state index in [0.717, 1.165) is 26.0 Å². The van der Waals surface area contributed by atoms with Gasteiger partial charge in [-0.05, 0) is 45.1 Å². The highest BCUT2D eigenvalue weighted by molar-refractivity contribution is 4.92. The zero-order valence-electron chi connectivity index (χ0n) is 13.0. The summed E-state index contributed by atoms with van der Waals surface area (Å²) in [5, 5.41) is 3.61. The third-order valence-corrected chi connectivity index (χ3v) is 4.24. The Labute approximate surface area is 122 Å². The van der Waals surface area contributed by atoms with Crippen LogP contribution in [0.4, 0.5) is 0 Å². The molecule has 2 unspecified atom stereocenters. The van der Waals surface area contributed by atoms with Crippen LogP contribution >= 0.6 is 0 Å². The van der Waals surface area contributed by atoms with Gasteiger partial charge in [0.05, 0.1) is 6.10 Å². The van der Waals surface area contributed by atoms with Crippen molar-refractivity contribution in [3.63, 3.8) is 0 Å². The van der Waals surface area contributed by atoms with E-state index in [0.29, 0.717) is 12.1 Å². The van der Waals surface area contributed by atoms with Crippen molar-refractivity contribution in [2.45, 2.75) is 64.0 Å². The molecule has 2 atom stereocenters. The van der Waals surface area contributed by atoms with Crippen molar-refractivity contribution in [1.82, 2.24) is 14.9 Å². The number of nitrogens with zero attached hydrogens (tertiary/aromatic N) is 2. The third-order valence-electron chi connectivity index (χ3n) is 4.24. The van der Waals surface area contributed by atoms with Gasteiger partial charge in [-0.1, -0.05) is 6.92 Å². The van der Waals surface area contributed by atoms with Crippen LogP contribution in [0, 0.1) is 0 Å². The predicted octanol–water partition coefficient (Wildman–Crippen LogP) is 2.68. The molecule has 1 fully saturated rings. The van der Waals surface area contributed by atoms with Gasteiger partial charge in [0.25, 0.3) is 0 Å². The highest BCUT2D eigenvalue weighted by Gasteiger charge is 2.16. The lowest BCUT2D eigenvalue weighted by Gasteiger charge is -2.25. The van der Waals surface area contributed by atoms with Gasteiger partial charge in [0.2, 0.25) is 0 Å². The fourth-order valence-electron chi connectivity index (χ4n) is 3.00. The SMILES string of the molecule is CCNC(CCc1nccn1C)CCC1CCCCO1. The molecule has 0 bridgehead atoms. The van der Waals surface area contributed by atoms with Crippen molar-refractivity contribution in [2.24, 2.45) is 7.05 Å². The van der Waals surface area contributed by atoms with E-state index < -0.39 is 0 Å². The molecule has 0 amide bonds. The standard InChI is InChI=1S/C16H29N3O/c1-3-17-14(7-9-15-6-4-5-13-20-15)8-10-16-18-11-12-19(16)2/h11-12,14-15,17H,3-10,13H2,1-2H3. The molecule has 1 aromatic rings. The molecule has 1 aromatic heterocycles. The van der Waals surface area contributed by atoms with Gasteiger partial charge in [-0.2, -0.15) is 0 Å². The fraction of sp³-hybridized carbons (Fsp3) is 0.812. The molecule has 2 rings (SSSR count). The van der Waals surface area contributed by atoms with Crippen LogP contribution in [0.15, 0.2) is 12.4 Å². The van der Waals surface area contributed by atoms with Gasteiger partial charge in [-0.15, -0.1) is 0 Å². The maximum absolute atomic E-state index is 5.83. The minimum Gasteiger partial charge on any atom is -0.378 e. The summed E-state index contributed by atoms with van der Waals surface area (Å²) < 4.78 is 7.95. The van der Waals surface area contributed by atoms with Crippen molar-refractivity contribution >= 4 is 0 Å². The molecule has 4 nitrogen and oxygen atoms in total. The second-order valence-electron chi connectivity index (χ2n) is 5.81. The summed E-state index contributed by atoms with van der Waals surface area (Å²) in [7, 11) is 2.07. The number of imidazole rings is 1. The molecule has 1 aliphatic heterocycles. The van der Waals surface area contributed by atoms with E-state index in [2.05, 4.69) is 28.8 Å². The third kappa shape index (κ3) is 4.91. The van der Waals surface area contributed by atoms with Gasteiger partial charge in [-0.3, -0.25) is 0 Å². The molecule has 2 heterocycles. The molecular weight excluding hydrogens is 250 g/mol. The predicted molar refractivity (Wildman–Crippen MR) is 81.8 cm³/mol. The molecular formula is C16H29N3O. The van der Waals surface area contributed by atoms with Crippen LogP contribution in [-0.4, -0.2) is 34.8 Å². The average Bonchev–Trinajstić information content (AvgIpc) is 2.88. The molecule has 114 valence electrons. The molecule has 1 aliphatic rings. The minimum atomic E-state index is 0.498. The van der Waals surface area contributed by atoms with E-state index in [1.165, 1.54) is 37.9 Å². The summed E-state index contributed by atoms with van der Waals surface area (Å²) in [6.07, 6.45) is 12.8. The number of nitrogens with one attached hydrogen (secondary N) is 1. The summed E-state index contributed by atoms with van der Waals surface area (Å²) in [4.78, 5) is 4.41. The van der Waals surface area contributed by atoms with Crippen molar-refractivity contribution in [2.75, 3.05) is 13.2 Å². The van der Waals surface area contributed by atoms with Gasteiger partial charge in [0, 0.05) is 38.5 Å². The van der Waals surface area contributed by atoms with E-state index >= 15 is 0 Å². The number of rotatable bonds is 8. The highest BCUT2D eigenvalue weighted by Crippen LogP contribution is 2.19. The zero-order valence-corrected chi connectivity index (χ0v) is 13.0. The fourth-order valence-corrected chi connectivity index (χ4v) is 3.00. The van der Waals surface area contributed by atoms with E-state index in [9.17, 15) is 0 Å². The molecule has 4 heteroatoms. The van der Waals surface area contributed by atoms with Gasteiger partial charge in [0.1, 0.15) is 5.82 Å². The van der Waals surface area contributed by atoms with E-state index in [1.807, 2.05) is 12.4 Å². The lowest BCUT2D eigenvalue weighted by atomic mass is 9.99. The summed E-state index contributed by atoms with van der Waals surface area (Å²) >= 11 is 0. The Morgan fingerprint density at radius 2 is 2.35 bits per heavy atom. The van der Waals surface area contributed by atoms with Crippen molar-refractivity contribution in [3.05, 3.63) is 18.2 Å². The summed E-state index contributed by atoms with van der Waals surface area (Å²) in [5.41, 5.74) is 0. The van der Waals surface area contributed by atoms with Gasteiger partial charge in [-0.25, -0.2) is 4.98 Å². The Balaban J connectivity index is 1.73. The Morgan fingerprint density at radius 3 is 3.00 bits per heavy atom. The smallest absolute Gasteiger partial charge is 0.108 e. The summed E-state index contributed by atoms with van der Waals surface area (Å²) in [6.45, 7) is 4.19. The van der Waals surface area contributed by atoms with Crippen LogP contribution in [0.5, 0.6) is 0 Å². The number of aromatic nitrogens is 2. The van der Waals surface area contributed by atoms with Crippen LogP contribution in [0.3, 0.4) is 0 Å². The molecule has 1 saturated heterocycles. The van der Waals surface area contributed by atoms with Gasteiger partial charge in [0.15, 0.2) is 0 Å². The normalized spacial score (nSPS) is 21.0.